The maximum atomic E-state index is 13.6. The van der Waals surface area contributed by atoms with E-state index in [4.69, 9.17) is 4.42 Å². The lowest BCUT2D eigenvalue weighted by atomic mass is 9.83. The summed E-state index contributed by atoms with van der Waals surface area (Å²) in [6, 6.07) is 24.2. The van der Waals surface area contributed by atoms with Gasteiger partial charge in [-0.05, 0) is 42.8 Å². The number of fused-ring (bicyclic) bond motifs is 1. The Balaban J connectivity index is 1.71. The van der Waals surface area contributed by atoms with E-state index < -0.39 is 9.84 Å². The van der Waals surface area contributed by atoms with Crippen LogP contribution in [0.15, 0.2) is 98.9 Å². The van der Waals surface area contributed by atoms with Crippen molar-refractivity contribution in [1.82, 2.24) is 4.98 Å². The number of hydrogen-bond donors (Lipinski definition) is 0. The number of aromatic nitrogens is 1. The molecule has 172 valence electrons. The number of anilines is 1. The Labute approximate surface area is 200 Å². The zero-order valence-corrected chi connectivity index (χ0v) is 20.4. The number of oxazole rings is 1. The molecule has 0 N–H and O–H groups in total. The van der Waals surface area contributed by atoms with Crippen LogP contribution in [0.4, 0.5) is 5.69 Å². The van der Waals surface area contributed by atoms with Crippen LogP contribution in [0.3, 0.4) is 0 Å². The van der Waals surface area contributed by atoms with Gasteiger partial charge in [0.15, 0.2) is 5.76 Å². The minimum atomic E-state index is -3.90. The fraction of sp³-hybridized carbons (Fsp3) is 0.179. The van der Waals surface area contributed by atoms with E-state index in [1.165, 1.54) is 5.56 Å². The van der Waals surface area contributed by atoms with Crippen molar-refractivity contribution in [2.24, 2.45) is 0 Å². The Morgan fingerprint density at radius 1 is 0.912 bits per heavy atom. The summed E-state index contributed by atoms with van der Waals surface area (Å²) >= 11 is 0. The van der Waals surface area contributed by atoms with Crippen LogP contribution >= 0.6 is 0 Å². The minimum Gasteiger partial charge on any atom is -0.435 e. The lowest BCUT2D eigenvalue weighted by Gasteiger charge is -2.23. The fourth-order valence-corrected chi connectivity index (χ4v) is 5.82. The maximum Gasteiger partial charge on any atom is 0.228 e. The second kappa shape index (κ2) is 7.99. The van der Waals surface area contributed by atoms with Crippen molar-refractivity contribution in [2.45, 2.75) is 36.1 Å². The molecular weight excluding hydrogens is 444 g/mol. The van der Waals surface area contributed by atoms with Gasteiger partial charge in [0.1, 0.15) is 0 Å². The lowest BCUT2D eigenvalue weighted by Crippen LogP contribution is -2.22. The molecule has 34 heavy (non-hydrogen) atoms. The molecule has 0 saturated heterocycles. The third-order valence-electron chi connectivity index (χ3n) is 6.44. The van der Waals surface area contributed by atoms with Crippen molar-refractivity contribution < 1.29 is 12.8 Å². The van der Waals surface area contributed by atoms with E-state index in [-0.39, 0.29) is 27.0 Å². The second-order valence-electron chi connectivity index (χ2n) is 9.10. The normalized spacial score (nSPS) is 16.1. The number of benzene rings is 3. The SMILES string of the molecule is Cc1ccc(-c2nc(S(=O)(=O)c3ccccc3)c(C=C3N(C)c4ccccc4C3(C)C)o2)cc1. The summed E-state index contributed by atoms with van der Waals surface area (Å²) in [4.78, 5) is 6.77. The van der Waals surface area contributed by atoms with E-state index in [1.54, 1.807) is 30.3 Å². The number of nitrogens with zero attached hydrogens (tertiary/aromatic N) is 2. The van der Waals surface area contributed by atoms with Crippen LogP contribution in [0.1, 0.15) is 30.7 Å². The summed E-state index contributed by atoms with van der Waals surface area (Å²) in [5.41, 5.74) is 4.68. The molecule has 6 heteroatoms. The number of sulfone groups is 1. The molecule has 5 nitrogen and oxygen atoms in total. The highest BCUT2D eigenvalue weighted by atomic mass is 32.2. The van der Waals surface area contributed by atoms with Gasteiger partial charge in [-0.3, -0.25) is 0 Å². The number of aryl methyl sites for hydroxylation is 1. The summed E-state index contributed by atoms with van der Waals surface area (Å²) in [6.07, 6.45) is 1.82. The van der Waals surface area contributed by atoms with Crippen molar-refractivity contribution in [3.05, 3.63) is 101 Å². The minimum absolute atomic E-state index is 0.0815. The molecule has 1 aliphatic heterocycles. The highest BCUT2D eigenvalue weighted by molar-refractivity contribution is 7.91. The van der Waals surface area contributed by atoms with Crippen LogP contribution in [-0.4, -0.2) is 20.4 Å². The molecule has 0 fully saturated rings. The Hall–Kier alpha value is -3.64. The van der Waals surface area contributed by atoms with E-state index in [1.807, 2.05) is 56.4 Å². The smallest absolute Gasteiger partial charge is 0.228 e. The van der Waals surface area contributed by atoms with E-state index in [0.29, 0.717) is 0 Å². The predicted molar refractivity (Wildman–Crippen MR) is 134 cm³/mol. The molecule has 5 rings (SSSR count). The molecule has 0 bridgehead atoms. The Morgan fingerprint density at radius 2 is 1.56 bits per heavy atom. The summed E-state index contributed by atoms with van der Waals surface area (Å²) in [5, 5.41) is -0.0815. The number of rotatable bonds is 4. The number of para-hydroxylation sites is 1. The first-order valence-corrected chi connectivity index (χ1v) is 12.6. The van der Waals surface area contributed by atoms with Crippen molar-refractivity contribution >= 4 is 21.6 Å². The average Bonchev–Trinajstić information content (AvgIpc) is 3.35. The van der Waals surface area contributed by atoms with Gasteiger partial charge in [-0.1, -0.05) is 67.9 Å². The van der Waals surface area contributed by atoms with Crippen LogP contribution in [0, 0.1) is 6.92 Å². The molecule has 0 aliphatic carbocycles. The van der Waals surface area contributed by atoms with E-state index in [2.05, 4.69) is 35.9 Å². The molecular formula is C28H26N2O3S. The summed E-state index contributed by atoms with van der Waals surface area (Å²) in [7, 11) is -1.91. The highest BCUT2D eigenvalue weighted by Crippen LogP contribution is 2.47. The second-order valence-corrected chi connectivity index (χ2v) is 11.0. The Morgan fingerprint density at radius 3 is 2.24 bits per heavy atom. The first kappa shape index (κ1) is 22.2. The van der Waals surface area contributed by atoms with Crippen LogP contribution in [0.2, 0.25) is 0 Å². The van der Waals surface area contributed by atoms with Gasteiger partial charge in [0, 0.05) is 35.5 Å². The maximum absolute atomic E-state index is 13.6. The van der Waals surface area contributed by atoms with Gasteiger partial charge >= 0.3 is 0 Å². The van der Waals surface area contributed by atoms with Gasteiger partial charge in [0.25, 0.3) is 0 Å². The standard InChI is InChI=1S/C28H26N2O3S/c1-19-14-16-20(17-15-19)26-29-27(34(31,32)21-10-6-5-7-11-21)24(33-26)18-25-28(2,3)22-12-8-9-13-23(22)30(25)4/h5-18H,1-4H3. The molecule has 0 spiro atoms. The first-order chi connectivity index (χ1) is 16.2. The largest absolute Gasteiger partial charge is 0.435 e. The highest BCUT2D eigenvalue weighted by Gasteiger charge is 2.39. The van der Waals surface area contributed by atoms with Crippen LogP contribution in [0.25, 0.3) is 17.5 Å². The molecule has 4 aromatic rings. The molecule has 0 saturated carbocycles. The molecule has 0 atom stereocenters. The third-order valence-corrected chi connectivity index (χ3v) is 8.13. The van der Waals surface area contributed by atoms with Crippen molar-refractivity contribution in [1.29, 1.82) is 0 Å². The summed E-state index contributed by atoms with van der Waals surface area (Å²) in [5.74, 6) is 0.500. The van der Waals surface area contributed by atoms with E-state index in [0.717, 1.165) is 22.5 Å². The van der Waals surface area contributed by atoms with Crippen LogP contribution in [0.5, 0.6) is 0 Å². The van der Waals surface area contributed by atoms with Gasteiger partial charge in [0.2, 0.25) is 20.8 Å². The number of likely N-dealkylation sites (N-methyl/N-ethyl adjacent to an activating group) is 1. The monoisotopic (exact) mass is 470 g/mol. The number of hydrogen-bond acceptors (Lipinski definition) is 5. The van der Waals surface area contributed by atoms with Gasteiger partial charge in [-0.15, -0.1) is 0 Å². The molecule has 0 amide bonds. The molecule has 1 aliphatic rings. The topological polar surface area (TPSA) is 63.4 Å². The first-order valence-electron chi connectivity index (χ1n) is 11.1. The van der Waals surface area contributed by atoms with Crippen LogP contribution in [-0.2, 0) is 15.3 Å². The Bertz CT molecular complexity index is 1500. The van der Waals surface area contributed by atoms with E-state index >= 15 is 0 Å². The van der Waals surface area contributed by atoms with Crippen molar-refractivity contribution in [3.8, 4) is 11.5 Å². The molecule has 1 aromatic heterocycles. The number of allylic oxidation sites excluding steroid dienone is 1. The molecule has 2 heterocycles. The molecule has 3 aromatic carbocycles. The van der Waals surface area contributed by atoms with E-state index in [9.17, 15) is 8.42 Å². The predicted octanol–water partition coefficient (Wildman–Crippen LogP) is 6.25. The molecule has 0 unspecified atom stereocenters. The van der Waals surface area contributed by atoms with Gasteiger partial charge in [0.05, 0.1) is 4.90 Å². The quantitative estimate of drug-likeness (QED) is 0.353. The third kappa shape index (κ3) is 3.55. The zero-order valence-electron chi connectivity index (χ0n) is 19.6. The van der Waals surface area contributed by atoms with Gasteiger partial charge in [-0.2, -0.15) is 4.98 Å². The average molecular weight is 471 g/mol. The van der Waals surface area contributed by atoms with Gasteiger partial charge < -0.3 is 9.32 Å². The summed E-state index contributed by atoms with van der Waals surface area (Å²) < 4.78 is 33.4. The summed E-state index contributed by atoms with van der Waals surface area (Å²) in [6.45, 7) is 6.25. The zero-order chi connectivity index (χ0) is 24.1. The Kier molecular flexibility index (Phi) is 5.21. The lowest BCUT2D eigenvalue weighted by molar-refractivity contribution is 0.553. The van der Waals surface area contributed by atoms with Crippen LogP contribution < -0.4 is 4.90 Å². The van der Waals surface area contributed by atoms with Crippen molar-refractivity contribution in [2.75, 3.05) is 11.9 Å². The molecule has 0 radical (unpaired) electrons. The fourth-order valence-electron chi connectivity index (χ4n) is 4.52. The van der Waals surface area contributed by atoms with Crippen molar-refractivity contribution in [3.63, 3.8) is 0 Å². The van der Waals surface area contributed by atoms with Gasteiger partial charge in [-0.25, -0.2) is 8.42 Å².